The van der Waals surface area contributed by atoms with Crippen molar-refractivity contribution in [3.63, 3.8) is 0 Å². The van der Waals surface area contributed by atoms with E-state index >= 15 is 0 Å². The average molecular weight is 634 g/mol. The minimum absolute atomic E-state index is 0.256. The number of carbonyl (C=O) groups excluding carboxylic acids is 4. The molecule has 1 aromatic heterocycles. The number of fused-ring (bicyclic) bond motifs is 2. The largest absolute Gasteiger partial charge is 0.484 e. The van der Waals surface area contributed by atoms with Crippen LogP contribution in [0.1, 0.15) is 33.6 Å². The number of carbonyl (C=O) groups is 4. The minimum atomic E-state index is -0.826. The summed E-state index contributed by atoms with van der Waals surface area (Å²) >= 11 is 2.12. The van der Waals surface area contributed by atoms with E-state index in [1.54, 1.807) is 55.5 Å². The molecule has 3 amide bonds. The van der Waals surface area contributed by atoms with Gasteiger partial charge in [-0.1, -0.05) is 35.2 Å². The van der Waals surface area contributed by atoms with E-state index in [1.807, 2.05) is 0 Å². The molecule has 44 heavy (non-hydrogen) atoms. The van der Waals surface area contributed by atoms with E-state index in [0.717, 1.165) is 28.0 Å². The fourth-order valence-corrected chi connectivity index (χ4v) is 7.78. The van der Waals surface area contributed by atoms with Crippen LogP contribution in [0.4, 0.5) is 15.8 Å². The molecule has 3 aromatic carbocycles. The van der Waals surface area contributed by atoms with Crippen LogP contribution < -0.4 is 19.8 Å². The number of anilines is 2. The lowest BCUT2D eigenvalue weighted by molar-refractivity contribution is -0.122. The lowest BCUT2D eigenvalue weighted by Crippen LogP contribution is -2.32. The molecule has 3 heterocycles. The Labute approximate surface area is 258 Å². The minimum Gasteiger partial charge on any atom is -0.484 e. The van der Waals surface area contributed by atoms with Gasteiger partial charge in [0.1, 0.15) is 16.8 Å². The van der Waals surface area contributed by atoms with Gasteiger partial charge in [-0.3, -0.25) is 19.2 Å². The number of nitrogens with one attached hydrogen (secondary N) is 2. The predicted octanol–water partition coefficient (Wildman–Crippen LogP) is 4.57. The van der Waals surface area contributed by atoms with Gasteiger partial charge in [0.05, 0.1) is 28.8 Å². The van der Waals surface area contributed by atoms with Gasteiger partial charge in [-0.2, -0.15) is 0 Å². The molecular weight excluding hydrogens is 609 g/mol. The molecule has 2 aliphatic rings. The van der Waals surface area contributed by atoms with Crippen LogP contribution in [0.2, 0.25) is 0 Å². The van der Waals surface area contributed by atoms with E-state index in [4.69, 9.17) is 9.47 Å². The van der Waals surface area contributed by atoms with Crippen molar-refractivity contribution < 1.29 is 33.0 Å². The number of H-pyrrole nitrogens is 1. The molecule has 6 rings (SSSR count). The summed E-state index contributed by atoms with van der Waals surface area (Å²) in [5, 5.41) is 2.42. The van der Waals surface area contributed by atoms with Crippen LogP contribution in [-0.2, 0) is 19.1 Å². The van der Waals surface area contributed by atoms with Gasteiger partial charge in [0.15, 0.2) is 6.61 Å². The number of imide groups is 1. The van der Waals surface area contributed by atoms with E-state index in [0.29, 0.717) is 32.5 Å². The SMILES string of the molecule is CCOC(=O)c1ccc(NC(=O)COc2cccc([C@H]3c4sc(=O)[nH]c4SC4C(=O)N(c5ccc(F)cc5)C(=O)C43)c2)cc1. The third-order valence-electron chi connectivity index (χ3n) is 7.18. The summed E-state index contributed by atoms with van der Waals surface area (Å²) < 4.78 is 24.3. The monoisotopic (exact) mass is 633 g/mol. The first-order valence-electron chi connectivity index (χ1n) is 13.6. The number of ether oxygens (including phenoxy) is 2. The summed E-state index contributed by atoms with van der Waals surface area (Å²) in [4.78, 5) is 68.3. The number of hydrogen-bond acceptors (Lipinski definition) is 9. The molecule has 1 saturated heterocycles. The number of nitrogens with zero attached hydrogens (tertiary/aromatic N) is 1. The van der Waals surface area contributed by atoms with Crippen molar-refractivity contribution in [1.82, 2.24) is 4.98 Å². The molecule has 2 aliphatic heterocycles. The van der Waals surface area contributed by atoms with E-state index in [2.05, 4.69) is 10.3 Å². The number of hydrogen-bond donors (Lipinski definition) is 2. The first-order valence-corrected chi connectivity index (χ1v) is 15.3. The highest BCUT2D eigenvalue weighted by molar-refractivity contribution is 8.00. The van der Waals surface area contributed by atoms with Crippen LogP contribution >= 0.6 is 23.1 Å². The molecule has 2 unspecified atom stereocenters. The number of thioether (sulfide) groups is 1. The lowest BCUT2D eigenvalue weighted by atomic mass is 9.83. The van der Waals surface area contributed by atoms with Gasteiger partial charge in [-0.15, -0.1) is 0 Å². The molecule has 1 fully saturated rings. The van der Waals surface area contributed by atoms with Gasteiger partial charge in [-0.05, 0) is 73.2 Å². The quantitative estimate of drug-likeness (QED) is 0.213. The zero-order chi connectivity index (χ0) is 31.0. The van der Waals surface area contributed by atoms with Crippen LogP contribution in [0.25, 0.3) is 0 Å². The summed E-state index contributed by atoms with van der Waals surface area (Å²) in [5.74, 6) is -3.40. The third-order valence-corrected chi connectivity index (χ3v) is 9.58. The van der Waals surface area contributed by atoms with Crippen LogP contribution in [0.15, 0.2) is 82.6 Å². The molecule has 2 N–H and O–H groups in total. The van der Waals surface area contributed by atoms with Crippen LogP contribution in [0.5, 0.6) is 5.75 Å². The van der Waals surface area contributed by atoms with Crippen LogP contribution in [0, 0.1) is 11.7 Å². The van der Waals surface area contributed by atoms with Crippen molar-refractivity contribution in [1.29, 1.82) is 0 Å². The zero-order valence-electron chi connectivity index (χ0n) is 23.1. The third kappa shape index (κ3) is 5.63. The number of rotatable bonds is 8. The summed E-state index contributed by atoms with van der Waals surface area (Å²) in [5.41, 5.74) is 1.73. The molecule has 4 aromatic rings. The van der Waals surface area contributed by atoms with Crippen LogP contribution in [-0.4, -0.2) is 47.1 Å². The van der Waals surface area contributed by atoms with Crippen molar-refractivity contribution in [2.45, 2.75) is 23.1 Å². The predicted molar refractivity (Wildman–Crippen MR) is 162 cm³/mol. The second-order valence-corrected chi connectivity index (χ2v) is 12.1. The van der Waals surface area contributed by atoms with E-state index in [-0.39, 0.29) is 23.8 Å². The molecule has 0 radical (unpaired) electrons. The van der Waals surface area contributed by atoms with Crippen molar-refractivity contribution in [2.75, 3.05) is 23.4 Å². The van der Waals surface area contributed by atoms with Crippen molar-refractivity contribution in [3.05, 3.63) is 104 Å². The van der Waals surface area contributed by atoms with Crippen LogP contribution in [0.3, 0.4) is 0 Å². The van der Waals surface area contributed by atoms with Gasteiger partial charge in [-0.25, -0.2) is 14.1 Å². The summed E-state index contributed by atoms with van der Waals surface area (Å²) in [6.45, 7) is 1.65. The maximum absolute atomic E-state index is 13.8. The molecule has 0 aliphatic carbocycles. The molecule has 10 nitrogen and oxygen atoms in total. The summed E-state index contributed by atoms with van der Waals surface area (Å²) in [6.07, 6.45) is 0. The summed E-state index contributed by atoms with van der Waals surface area (Å²) in [6, 6.07) is 18.2. The first kappa shape index (κ1) is 29.3. The molecule has 0 bridgehead atoms. The topological polar surface area (TPSA) is 135 Å². The maximum Gasteiger partial charge on any atom is 0.338 e. The van der Waals surface area contributed by atoms with Crippen molar-refractivity contribution in [2.24, 2.45) is 5.92 Å². The Morgan fingerprint density at radius 3 is 2.48 bits per heavy atom. The Hall–Kier alpha value is -4.75. The fourth-order valence-electron chi connectivity index (χ4n) is 5.27. The van der Waals surface area contributed by atoms with Crippen molar-refractivity contribution >= 4 is 58.2 Å². The second-order valence-electron chi connectivity index (χ2n) is 9.95. The molecular formula is C31H24FN3O7S2. The average Bonchev–Trinajstić information content (AvgIpc) is 3.51. The standard InChI is InChI=1S/C31H24FN3O7S2/c1-2-41-30(39)16-6-10-19(11-7-16)33-22(36)15-42-21-5-3-4-17(14-21)23-24-26(43-27-25(23)44-31(40)34-27)29(38)35(28(24)37)20-12-8-18(32)9-13-20/h3-14,23-24,26H,2,15H2,1H3,(H,33,36)(H,34,40)/t23-,24?,26?/m1/s1. The smallest absolute Gasteiger partial charge is 0.338 e. The highest BCUT2D eigenvalue weighted by Gasteiger charge is 2.56. The molecule has 13 heteroatoms. The van der Waals surface area contributed by atoms with E-state index in [9.17, 15) is 28.4 Å². The van der Waals surface area contributed by atoms with Gasteiger partial charge in [0.2, 0.25) is 11.8 Å². The second kappa shape index (κ2) is 12.1. The van der Waals surface area contributed by atoms with Gasteiger partial charge < -0.3 is 19.8 Å². The zero-order valence-corrected chi connectivity index (χ0v) is 24.7. The molecule has 0 saturated carbocycles. The number of aromatic amines is 1. The van der Waals surface area contributed by atoms with Gasteiger partial charge >= 0.3 is 10.8 Å². The lowest BCUT2D eigenvalue weighted by Gasteiger charge is -2.30. The Kier molecular flexibility index (Phi) is 8.06. The number of amides is 3. The number of esters is 1. The molecule has 3 atom stereocenters. The summed E-state index contributed by atoms with van der Waals surface area (Å²) in [7, 11) is 0. The van der Waals surface area contributed by atoms with Gasteiger partial charge in [0, 0.05) is 16.5 Å². The highest BCUT2D eigenvalue weighted by atomic mass is 32.2. The first-order chi connectivity index (χ1) is 21.2. The normalized spacial score (nSPS) is 18.9. The molecule has 0 spiro atoms. The molecule has 224 valence electrons. The number of aromatic nitrogens is 1. The number of benzene rings is 3. The van der Waals surface area contributed by atoms with Crippen molar-refractivity contribution in [3.8, 4) is 5.75 Å². The Bertz CT molecular complexity index is 1820. The Balaban J connectivity index is 1.21. The highest BCUT2D eigenvalue weighted by Crippen LogP contribution is 2.53. The Morgan fingerprint density at radius 2 is 1.75 bits per heavy atom. The maximum atomic E-state index is 13.8. The van der Waals surface area contributed by atoms with E-state index in [1.165, 1.54) is 24.3 Å². The van der Waals surface area contributed by atoms with Gasteiger partial charge in [0.25, 0.3) is 5.91 Å². The van der Waals surface area contributed by atoms with E-state index < -0.39 is 46.6 Å². The fraction of sp³-hybridized carbons (Fsp3) is 0.194. The number of thiazole rings is 1. The number of halogens is 1. The Morgan fingerprint density at radius 1 is 1.00 bits per heavy atom.